The number of aromatic nitrogens is 3. The van der Waals surface area contributed by atoms with E-state index in [1.54, 1.807) is 0 Å². The molecule has 0 N–H and O–H groups in total. The molecule has 0 bridgehead atoms. The topological polar surface area (TPSA) is 30.7 Å². The van der Waals surface area contributed by atoms with E-state index in [4.69, 9.17) is 0 Å². The lowest BCUT2D eigenvalue weighted by Crippen LogP contribution is -2.09. The van der Waals surface area contributed by atoms with Gasteiger partial charge < -0.3 is 0 Å². The van der Waals surface area contributed by atoms with E-state index >= 15 is 0 Å². The summed E-state index contributed by atoms with van der Waals surface area (Å²) in [5.41, 5.74) is 0. The van der Waals surface area contributed by atoms with Gasteiger partial charge in [-0.1, -0.05) is 12.8 Å². The van der Waals surface area contributed by atoms with Crippen molar-refractivity contribution in [2.24, 2.45) is 5.92 Å². The van der Waals surface area contributed by atoms with Crippen LogP contribution in [0.3, 0.4) is 0 Å². The Morgan fingerprint density at radius 1 is 1.31 bits per heavy atom. The molecular formula is C8H11Br2N3. The lowest BCUT2D eigenvalue weighted by molar-refractivity contribution is 0.422. The molecule has 2 rings (SSSR count). The van der Waals surface area contributed by atoms with E-state index in [1.165, 1.54) is 25.7 Å². The highest BCUT2D eigenvalue weighted by atomic mass is 79.9. The van der Waals surface area contributed by atoms with E-state index in [0.717, 1.165) is 17.2 Å². The lowest BCUT2D eigenvalue weighted by Gasteiger charge is -2.08. The highest BCUT2D eigenvalue weighted by Gasteiger charge is 2.17. The zero-order chi connectivity index (χ0) is 9.26. The average molecular weight is 309 g/mol. The molecule has 1 aliphatic rings. The van der Waals surface area contributed by atoms with Crippen LogP contribution in [0, 0.1) is 5.92 Å². The number of rotatable bonds is 2. The molecule has 3 nitrogen and oxygen atoms in total. The Morgan fingerprint density at radius 2 is 2.00 bits per heavy atom. The summed E-state index contributed by atoms with van der Waals surface area (Å²) < 4.78 is 3.42. The molecule has 0 aromatic carbocycles. The molecule has 1 aromatic rings. The Bertz CT molecular complexity index is 292. The third-order valence-electron chi connectivity index (χ3n) is 2.51. The minimum absolute atomic E-state index is 0.664. The van der Waals surface area contributed by atoms with Crippen molar-refractivity contribution in [2.75, 3.05) is 0 Å². The van der Waals surface area contributed by atoms with Gasteiger partial charge in [0.2, 0.25) is 4.73 Å². The molecule has 1 fully saturated rings. The predicted octanol–water partition coefficient (Wildman–Crippen LogP) is 2.99. The molecule has 1 saturated carbocycles. The Kier molecular flexibility index (Phi) is 3.03. The third kappa shape index (κ3) is 2.31. The van der Waals surface area contributed by atoms with Crippen molar-refractivity contribution in [3.63, 3.8) is 0 Å². The molecule has 13 heavy (non-hydrogen) atoms. The van der Waals surface area contributed by atoms with Crippen molar-refractivity contribution in [3.8, 4) is 0 Å². The quantitative estimate of drug-likeness (QED) is 0.841. The molecule has 0 amide bonds. The van der Waals surface area contributed by atoms with Gasteiger partial charge in [0, 0.05) is 6.54 Å². The lowest BCUT2D eigenvalue weighted by atomic mass is 10.1. The summed E-state index contributed by atoms with van der Waals surface area (Å²) in [6, 6.07) is 0. The number of hydrogen-bond acceptors (Lipinski definition) is 2. The Morgan fingerprint density at radius 3 is 2.54 bits per heavy atom. The van der Waals surface area contributed by atoms with E-state index in [1.807, 2.05) is 4.68 Å². The van der Waals surface area contributed by atoms with E-state index in [2.05, 4.69) is 41.9 Å². The van der Waals surface area contributed by atoms with Gasteiger partial charge in [0.1, 0.15) is 0 Å². The van der Waals surface area contributed by atoms with Crippen LogP contribution in [0.2, 0.25) is 0 Å². The molecule has 0 spiro atoms. The molecule has 5 heteroatoms. The molecule has 0 radical (unpaired) electrons. The number of halogens is 2. The summed E-state index contributed by atoms with van der Waals surface area (Å²) >= 11 is 6.64. The highest BCUT2D eigenvalue weighted by molar-refractivity contribution is 9.11. The molecule has 1 heterocycles. The molecule has 0 atom stereocenters. The monoisotopic (exact) mass is 307 g/mol. The fourth-order valence-electron chi connectivity index (χ4n) is 1.85. The number of nitrogens with zero attached hydrogens (tertiary/aromatic N) is 3. The van der Waals surface area contributed by atoms with Crippen LogP contribution in [-0.4, -0.2) is 14.8 Å². The van der Waals surface area contributed by atoms with Gasteiger partial charge in [-0.25, -0.2) is 4.68 Å². The maximum absolute atomic E-state index is 4.25. The summed E-state index contributed by atoms with van der Waals surface area (Å²) in [6.07, 6.45) is 5.42. The smallest absolute Gasteiger partial charge is 0.218 e. The van der Waals surface area contributed by atoms with Gasteiger partial charge in [-0.2, -0.15) is 4.98 Å². The van der Waals surface area contributed by atoms with Crippen LogP contribution in [-0.2, 0) is 6.54 Å². The van der Waals surface area contributed by atoms with Gasteiger partial charge in [0.05, 0.1) is 0 Å². The predicted molar refractivity (Wildman–Crippen MR) is 57.4 cm³/mol. The van der Waals surface area contributed by atoms with Gasteiger partial charge in [0.15, 0.2) is 4.73 Å². The second-order valence-electron chi connectivity index (χ2n) is 3.48. The fourth-order valence-corrected chi connectivity index (χ4v) is 2.84. The minimum Gasteiger partial charge on any atom is -0.239 e. The Hall–Kier alpha value is 0.1000. The van der Waals surface area contributed by atoms with E-state index in [-0.39, 0.29) is 0 Å². The normalized spacial score (nSPS) is 18.3. The second kappa shape index (κ2) is 4.09. The van der Waals surface area contributed by atoms with Crippen LogP contribution in [0.25, 0.3) is 0 Å². The maximum Gasteiger partial charge on any atom is 0.218 e. The third-order valence-corrected chi connectivity index (χ3v) is 3.43. The first-order valence-corrected chi connectivity index (χ1v) is 6.10. The van der Waals surface area contributed by atoms with E-state index < -0.39 is 0 Å². The first-order chi connectivity index (χ1) is 6.25. The molecule has 0 aliphatic heterocycles. The summed E-state index contributed by atoms with van der Waals surface area (Å²) in [7, 11) is 0. The first kappa shape index (κ1) is 9.65. The average Bonchev–Trinajstić information content (AvgIpc) is 2.63. The van der Waals surface area contributed by atoms with Crippen molar-refractivity contribution in [2.45, 2.75) is 32.2 Å². The zero-order valence-electron chi connectivity index (χ0n) is 7.21. The van der Waals surface area contributed by atoms with Crippen LogP contribution in [0.1, 0.15) is 25.7 Å². The van der Waals surface area contributed by atoms with E-state index in [9.17, 15) is 0 Å². The fraction of sp³-hybridized carbons (Fsp3) is 0.750. The number of hydrogen-bond donors (Lipinski definition) is 0. The SMILES string of the molecule is Brc1nc(Br)n(CC2CCCC2)n1. The van der Waals surface area contributed by atoms with Crippen LogP contribution in [0.4, 0.5) is 0 Å². The summed E-state index contributed by atoms with van der Waals surface area (Å²) in [6.45, 7) is 0.999. The molecule has 72 valence electrons. The highest BCUT2D eigenvalue weighted by Crippen LogP contribution is 2.27. The maximum atomic E-state index is 4.25. The van der Waals surface area contributed by atoms with E-state index in [0.29, 0.717) is 4.73 Å². The summed E-state index contributed by atoms with van der Waals surface area (Å²) in [4.78, 5) is 4.14. The van der Waals surface area contributed by atoms with Crippen LogP contribution in [0.5, 0.6) is 0 Å². The van der Waals surface area contributed by atoms with Crippen LogP contribution in [0.15, 0.2) is 9.47 Å². The molecule has 1 aromatic heterocycles. The largest absolute Gasteiger partial charge is 0.239 e. The minimum atomic E-state index is 0.664. The van der Waals surface area contributed by atoms with Crippen molar-refractivity contribution >= 4 is 31.9 Å². The van der Waals surface area contributed by atoms with Crippen molar-refractivity contribution in [1.82, 2.24) is 14.8 Å². The second-order valence-corrected chi connectivity index (χ2v) is 4.90. The van der Waals surface area contributed by atoms with Crippen LogP contribution < -0.4 is 0 Å². The van der Waals surface area contributed by atoms with Gasteiger partial charge in [-0.15, -0.1) is 5.10 Å². The van der Waals surface area contributed by atoms with Gasteiger partial charge >= 0.3 is 0 Å². The zero-order valence-corrected chi connectivity index (χ0v) is 10.4. The van der Waals surface area contributed by atoms with Gasteiger partial charge in [0.25, 0.3) is 0 Å². The van der Waals surface area contributed by atoms with Crippen molar-refractivity contribution in [1.29, 1.82) is 0 Å². The van der Waals surface area contributed by atoms with Gasteiger partial charge in [-0.05, 0) is 50.6 Å². The Balaban J connectivity index is 2.03. The van der Waals surface area contributed by atoms with Crippen molar-refractivity contribution in [3.05, 3.63) is 9.47 Å². The standard InChI is InChI=1S/C8H11Br2N3/c9-7-11-8(10)13(12-7)5-6-3-1-2-4-6/h6H,1-5H2. The molecule has 0 saturated heterocycles. The molecular weight excluding hydrogens is 298 g/mol. The summed E-state index contributed by atoms with van der Waals surface area (Å²) in [5.74, 6) is 0.796. The first-order valence-electron chi connectivity index (χ1n) is 4.51. The Labute approximate surface area is 94.2 Å². The summed E-state index contributed by atoms with van der Waals surface area (Å²) in [5, 5.41) is 4.25. The van der Waals surface area contributed by atoms with Crippen LogP contribution >= 0.6 is 31.9 Å². The van der Waals surface area contributed by atoms with Gasteiger partial charge in [-0.3, -0.25) is 0 Å². The van der Waals surface area contributed by atoms with Crippen molar-refractivity contribution < 1.29 is 0 Å². The molecule has 1 aliphatic carbocycles. The molecule has 0 unspecified atom stereocenters.